The molecule has 14 heteroatoms. The van der Waals surface area contributed by atoms with Crippen molar-refractivity contribution in [1.29, 1.82) is 0 Å². The number of guanidine groups is 1. The van der Waals surface area contributed by atoms with Crippen LogP contribution in [0.4, 0.5) is 25.2 Å². The van der Waals surface area contributed by atoms with E-state index in [-0.39, 0.29) is 18.1 Å². The number of aliphatic hydroxyl groups is 1. The number of ether oxygens (including phenoxy) is 1. The molecule has 0 radical (unpaired) electrons. The summed E-state index contributed by atoms with van der Waals surface area (Å²) in [5.41, 5.74) is 1.07. The van der Waals surface area contributed by atoms with Crippen LogP contribution in [-0.2, 0) is 11.3 Å². The van der Waals surface area contributed by atoms with Crippen LogP contribution in [-0.4, -0.2) is 63.1 Å². The Morgan fingerprint density at radius 1 is 1.18 bits per heavy atom. The summed E-state index contributed by atoms with van der Waals surface area (Å²) >= 11 is 0. The summed E-state index contributed by atoms with van der Waals surface area (Å²) in [7, 11) is -9.02. The molecule has 1 aromatic carbocycles. The number of carboxylic acids is 1. The summed E-state index contributed by atoms with van der Waals surface area (Å²) in [6.07, 6.45) is 1.85. The number of aliphatic carboxylic acids is 1. The number of nitrogens with zero attached hydrogens (tertiary/aromatic N) is 2. The molecule has 0 spiro atoms. The SMILES string of the molecule is COc1ccc(CN2C3=[N+]4[C@@H](CC[C@H]4[C@@H](C(=O)O)[C@@H](C)N3)CC2O)cc1.F[P-](F)(F)(F)(F)F. The number of carboxylic acid groups (broad SMARTS) is 1. The van der Waals surface area contributed by atoms with Crippen LogP contribution < -0.4 is 10.1 Å². The molecule has 5 atom stereocenters. The summed E-state index contributed by atoms with van der Waals surface area (Å²) in [6.45, 7) is 2.48. The van der Waals surface area contributed by atoms with Gasteiger partial charge in [0.25, 0.3) is 0 Å². The Labute approximate surface area is 185 Å². The Kier molecular flexibility index (Phi) is 6.07. The van der Waals surface area contributed by atoms with E-state index in [0.29, 0.717) is 13.0 Å². The number of nitrogens with one attached hydrogen (secondary N) is 1. The standard InChI is InChI=1S/C19H25N3O4.F6P/c1-11-17(18(24)25)15-8-5-13-9-16(23)21(19(20-11)22(13)15)10-12-3-6-14(26-2)7-4-12;1-7(2,3,4,5)6/h3-4,6-7,11,13,15-17,23H,5,8-10H2,1-2H3,(H,24,25);/q;-1/p+1/t11-,13+,15+,16?,17+;/m1./s1. The Morgan fingerprint density at radius 3 is 2.27 bits per heavy atom. The van der Waals surface area contributed by atoms with Crippen molar-refractivity contribution in [3.63, 3.8) is 0 Å². The van der Waals surface area contributed by atoms with Gasteiger partial charge in [0.2, 0.25) is 0 Å². The Balaban J connectivity index is 0.000000383. The molecule has 1 fully saturated rings. The van der Waals surface area contributed by atoms with E-state index < -0.39 is 25.9 Å². The van der Waals surface area contributed by atoms with Crippen LogP contribution >= 0.6 is 7.81 Å². The van der Waals surface area contributed by atoms with Gasteiger partial charge < -0.3 is 14.9 Å². The molecule has 0 amide bonds. The maximum absolute atomic E-state index is 11.8. The number of hydrogen-bond donors (Lipinski definition) is 3. The monoisotopic (exact) mass is 505 g/mol. The van der Waals surface area contributed by atoms with E-state index in [4.69, 9.17) is 4.74 Å². The van der Waals surface area contributed by atoms with Crippen molar-refractivity contribution in [2.75, 3.05) is 7.11 Å². The van der Waals surface area contributed by atoms with Gasteiger partial charge in [-0.05, 0) is 37.5 Å². The van der Waals surface area contributed by atoms with E-state index in [2.05, 4.69) is 9.89 Å². The third kappa shape index (κ3) is 6.63. The van der Waals surface area contributed by atoms with Crippen molar-refractivity contribution in [3.8, 4) is 5.75 Å². The topological polar surface area (TPSA) is 85.0 Å². The van der Waals surface area contributed by atoms with Crippen LogP contribution in [0.3, 0.4) is 0 Å². The van der Waals surface area contributed by atoms with Gasteiger partial charge in [0.15, 0.2) is 6.23 Å². The molecule has 0 aromatic heterocycles. The van der Waals surface area contributed by atoms with Gasteiger partial charge in [-0.25, -0.2) is 4.90 Å². The number of benzene rings is 1. The zero-order chi connectivity index (χ0) is 24.8. The van der Waals surface area contributed by atoms with Crippen molar-refractivity contribution in [2.45, 2.75) is 57.1 Å². The van der Waals surface area contributed by atoms with Gasteiger partial charge in [-0.3, -0.25) is 14.7 Å². The number of aliphatic hydroxyl groups excluding tert-OH is 1. The van der Waals surface area contributed by atoms with E-state index in [1.54, 1.807) is 7.11 Å². The third-order valence-corrected chi connectivity index (χ3v) is 6.01. The fraction of sp³-hybridized carbons (Fsp3) is 0.579. The molecule has 0 bridgehead atoms. The second-order valence-electron chi connectivity index (χ2n) is 8.48. The maximum atomic E-state index is 11.8. The molecular formula is C19H26F6N3O4P. The van der Waals surface area contributed by atoms with Crippen LogP contribution in [0.2, 0.25) is 0 Å². The van der Waals surface area contributed by atoms with E-state index in [1.807, 2.05) is 36.1 Å². The van der Waals surface area contributed by atoms with Crippen molar-refractivity contribution in [2.24, 2.45) is 5.92 Å². The number of methoxy groups -OCH3 is 1. The molecular weight excluding hydrogens is 479 g/mol. The first-order valence-electron chi connectivity index (χ1n) is 10.2. The third-order valence-electron chi connectivity index (χ3n) is 6.01. The predicted octanol–water partition coefficient (Wildman–Crippen LogP) is 4.19. The van der Waals surface area contributed by atoms with Crippen molar-refractivity contribution in [3.05, 3.63) is 29.8 Å². The first-order chi connectivity index (χ1) is 14.9. The Morgan fingerprint density at radius 2 is 1.76 bits per heavy atom. The predicted molar refractivity (Wildman–Crippen MR) is 109 cm³/mol. The summed E-state index contributed by atoms with van der Waals surface area (Å²) < 4.78 is 66.6. The fourth-order valence-corrected chi connectivity index (χ4v) is 4.76. The van der Waals surface area contributed by atoms with Crippen LogP contribution in [0.5, 0.6) is 5.75 Å². The zero-order valence-corrected chi connectivity index (χ0v) is 18.7. The Hall–Kier alpha value is -2.27. The fourth-order valence-electron chi connectivity index (χ4n) is 4.76. The van der Waals surface area contributed by atoms with Gasteiger partial charge >= 0.3 is 44.9 Å². The summed E-state index contributed by atoms with van der Waals surface area (Å²) in [5.74, 6) is 0.496. The van der Waals surface area contributed by atoms with Crippen LogP contribution in [0, 0.1) is 5.92 Å². The van der Waals surface area contributed by atoms with Gasteiger partial charge in [0.1, 0.15) is 11.7 Å². The second-order valence-corrected chi connectivity index (χ2v) is 10.4. The molecule has 4 rings (SSSR count). The zero-order valence-electron chi connectivity index (χ0n) is 17.8. The molecule has 0 saturated carbocycles. The molecule has 188 valence electrons. The van der Waals surface area contributed by atoms with Gasteiger partial charge in [-0.1, -0.05) is 12.1 Å². The summed E-state index contributed by atoms with van der Waals surface area (Å²) in [4.78, 5) is 13.7. The molecule has 3 aliphatic rings. The molecule has 7 nitrogen and oxygen atoms in total. The minimum atomic E-state index is -10.7. The van der Waals surface area contributed by atoms with Gasteiger partial charge in [0.05, 0.1) is 31.8 Å². The molecule has 0 aliphatic carbocycles. The average molecular weight is 505 g/mol. The minimum absolute atomic E-state index is 0.00498. The van der Waals surface area contributed by atoms with Gasteiger partial charge in [0, 0.05) is 6.42 Å². The summed E-state index contributed by atoms with van der Waals surface area (Å²) in [5, 5.41) is 23.8. The number of hydrogen-bond acceptors (Lipinski definition) is 5. The molecule has 1 aromatic rings. The second kappa shape index (κ2) is 7.90. The molecule has 3 N–H and O–H groups in total. The molecule has 3 heterocycles. The van der Waals surface area contributed by atoms with Gasteiger partial charge in [-0.15, -0.1) is 0 Å². The van der Waals surface area contributed by atoms with E-state index in [0.717, 1.165) is 30.1 Å². The van der Waals surface area contributed by atoms with Crippen molar-refractivity contribution in [1.82, 2.24) is 10.2 Å². The molecule has 3 aliphatic heterocycles. The average Bonchev–Trinajstić information content (AvgIpc) is 3.06. The normalized spacial score (nSPS) is 30.8. The van der Waals surface area contributed by atoms with Crippen molar-refractivity contribution < 1.29 is 49.5 Å². The molecule has 1 unspecified atom stereocenters. The first-order valence-corrected chi connectivity index (χ1v) is 12.3. The number of carbonyl (C=O) groups is 1. The number of rotatable bonds is 4. The van der Waals surface area contributed by atoms with Gasteiger partial charge in [-0.2, -0.15) is 0 Å². The van der Waals surface area contributed by atoms with Crippen LogP contribution in [0.25, 0.3) is 0 Å². The van der Waals surface area contributed by atoms with E-state index in [1.165, 1.54) is 0 Å². The summed E-state index contributed by atoms with van der Waals surface area (Å²) in [6, 6.07) is 7.84. The number of halogens is 6. The van der Waals surface area contributed by atoms with E-state index >= 15 is 0 Å². The quantitative estimate of drug-likeness (QED) is 0.323. The van der Waals surface area contributed by atoms with Crippen LogP contribution in [0.1, 0.15) is 31.7 Å². The van der Waals surface area contributed by atoms with Crippen LogP contribution in [0.15, 0.2) is 24.3 Å². The molecule has 33 heavy (non-hydrogen) atoms. The Bertz CT molecular complexity index is 930. The van der Waals surface area contributed by atoms with Crippen molar-refractivity contribution >= 4 is 19.7 Å². The first kappa shape index (κ1) is 25.4. The van der Waals surface area contributed by atoms with E-state index in [9.17, 15) is 40.2 Å². The molecule has 1 saturated heterocycles.